The summed E-state index contributed by atoms with van der Waals surface area (Å²) in [5.74, 6) is 2.07. The lowest BCUT2D eigenvalue weighted by molar-refractivity contribution is 0.121. The first-order valence-corrected chi connectivity index (χ1v) is 20.9. The second-order valence-electron chi connectivity index (χ2n) is 13.8. The molecule has 0 spiro atoms. The lowest BCUT2D eigenvalue weighted by Gasteiger charge is -2.37. The highest BCUT2D eigenvalue weighted by atomic mass is 32.2. The summed E-state index contributed by atoms with van der Waals surface area (Å²) in [4.78, 5) is 19.5. The molecule has 1 amide bonds. The fraction of sp³-hybridized carbons (Fsp3) is 0.214. The number of fused-ring (bicyclic) bond motifs is 1. The molecular formula is C42H40N8O7S2. The molecule has 15 nitrogen and oxygen atoms in total. The molecular weight excluding hydrogens is 793 g/mol. The van der Waals surface area contributed by atoms with Gasteiger partial charge in [0, 0.05) is 48.1 Å². The minimum Gasteiger partial charge on any atom is -0.497 e. The Hall–Kier alpha value is -6.43. The van der Waals surface area contributed by atoms with E-state index in [1.807, 2.05) is 83.4 Å². The van der Waals surface area contributed by atoms with Gasteiger partial charge in [0.05, 0.1) is 45.3 Å². The quantitative estimate of drug-likeness (QED) is 0.118. The number of rotatable bonds is 15. The van der Waals surface area contributed by atoms with Crippen molar-refractivity contribution in [1.29, 1.82) is 0 Å². The van der Waals surface area contributed by atoms with Crippen molar-refractivity contribution in [3.63, 3.8) is 0 Å². The highest BCUT2D eigenvalue weighted by Crippen LogP contribution is 2.45. The van der Waals surface area contributed by atoms with Gasteiger partial charge in [0.15, 0.2) is 0 Å². The molecule has 0 saturated carbocycles. The van der Waals surface area contributed by atoms with Gasteiger partial charge in [0.25, 0.3) is 0 Å². The highest BCUT2D eigenvalue weighted by Gasteiger charge is 2.38. The van der Waals surface area contributed by atoms with Crippen LogP contribution in [0.15, 0.2) is 125 Å². The summed E-state index contributed by atoms with van der Waals surface area (Å²) < 4.78 is 51.1. The number of tetrazole rings is 1. The topological polar surface area (TPSA) is 167 Å². The van der Waals surface area contributed by atoms with E-state index >= 15 is 8.42 Å². The number of aromatic nitrogens is 6. The van der Waals surface area contributed by atoms with Crippen LogP contribution in [0.25, 0.3) is 28.3 Å². The zero-order valence-electron chi connectivity index (χ0n) is 32.4. The zero-order chi connectivity index (χ0) is 41.1. The number of hydrogen-bond acceptors (Lipinski definition) is 11. The number of hydrogen-bond donors (Lipinski definition) is 1. The van der Waals surface area contributed by atoms with Crippen LogP contribution in [-0.4, -0.2) is 98.1 Å². The van der Waals surface area contributed by atoms with Gasteiger partial charge in [-0.05, 0) is 76.5 Å². The van der Waals surface area contributed by atoms with E-state index in [-0.39, 0.29) is 54.3 Å². The average Bonchev–Trinajstić information content (AvgIpc) is 3.89. The summed E-state index contributed by atoms with van der Waals surface area (Å²) in [7, 11) is 0.287. The van der Waals surface area contributed by atoms with Gasteiger partial charge in [-0.25, -0.2) is 18.2 Å². The van der Waals surface area contributed by atoms with Gasteiger partial charge in [0.1, 0.15) is 27.8 Å². The van der Waals surface area contributed by atoms with Gasteiger partial charge < -0.3 is 24.2 Å². The summed E-state index contributed by atoms with van der Waals surface area (Å²) in [6.45, 7) is 0.751. The van der Waals surface area contributed by atoms with Crippen molar-refractivity contribution >= 4 is 33.5 Å². The molecule has 7 aromatic rings. The van der Waals surface area contributed by atoms with Crippen LogP contribution in [0.5, 0.6) is 17.2 Å². The van der Waals surface area contributed by atoms with Gasteiger partial charge in [-0.3, -0.25) is 4.40 Å². The smallest absolute Gasteiger partial charge is 0.407 e. The maximum atomic E-state index is 15.8. The highest BCUT2D eigenvalue weighted by molar-refractivity contribution is 8.00. The van der Waals surface area contributed by atoms with Crippen molar-refractivity contribution in [2.75, 3.05) is 34.4 Å². The average molecular weight is 833 g/mol. The van der Waals surface area contributed by atoms with Gasteiger partial charge in [0.2, 0.25) is 15.8 Å². The lowest BCUT2D eigenvalue weighted by Crippen LogP contribution is -2.51. The third-order valence-corrected chi connectivity index (χ3v) is 13.3. The molecule has 1 N–H and O–H groups in total. The molecule has 8 rings (SSSR count). The maximum absolute atomic E-state index is 15.8. The Bertz CT molecular complexity index is 2650. The van der Waals surface area contributed by atoms with E-state index < -0.39 is 16.1 Å². The Morgan fingerprint density at radius 2 is 1.41 bits per heavy atom. The van der Waals surface area contributed by atoms with E-state index in [4.69, 9.17) is 19.3 Å². The number of carbonyl (C=O) groups is 1. The summed E-state index contributed by atoms with van der Waals surface area (Å²) in [6, 6.07) is 31.2. The Labute approximate surface area is 344 Å². The molecule has 0 bridgehead atoms. The van der Waals surface area contributed by atoms with E-state index in [0.717, 1.165) is 16.7 Å². The van der Waals surface area contributed by atoms with Crippen LogP contribution in [0, 0.1) is 0 Å². The molecule has 4 heterocycles. The third-order valence-electron chi connectivity index (χ3n) is 10.0. The van der Waals surface area contributed by atoms with Crippen molar-refractivity contribution in [3.8, 4) is 39.9 Å². The molecule has 1 saturated heterocycles. The van der Waals surface area contributed by atoms with Crippen LogP contribution >= 0.6 is 11.8 Å². The molecule has 1 fully saturated rings. The normalized spacial score (nSPS) is 13.1. The Kier molecular flexibility index (Phi) is 11.2. The molecule has 0 atom stereocenters. The van der Waals surface area contributed by atoms with Crippen LogP contribution < -0.4 is 14.2 Å². The fourth-order valence-electron chi connectivity index (χ4n) is 6.86. The molecule has 59 heavy (non-hydrogen) atoms. The zero-order valence-corrected chi connectivity index (χ0v) is 34.0. The Morgan fingerprint density at radius 1 is 0.814 bits per heavy atom. The van der Waals surface area contributed by atoms with Crippen LogP contribution in [-0.2, 0) is 29.7 Å². The molecule has 1 aliphatic heterocycles. The first-order valence-electron chi connectivity index (χ1n) is 18.5. The summed E-state index contributed by atoms with van der Waals surface area (Å²) >= 11 is 1.32. The molecule has 0 aliphatic carbocycles. The Morgan fingerprint density at radius 3 is 1.98 bits per heavy atom. The molecule has 0 unspecified atom stereocenters. The monoisotopic (exact) mass is 832 g/mol. The van der Waals surface area contributed by atoms with Gasteiger partial charge >= 0.3 is 6.09 Å². The Balaban J connectivity index is 1.32. The molecule has 3 aromatic heterocycles. The van der Waals surface area contributed by atoms with Crippen LogP contribution in [0.1, 0.15) is 16.7 Å². The molecule has 17 heteroatoms. The van der Waals surface area contributed by atoms with Gasteiger partial charge in [-0.1, -0.05) is 48.5 Å². The van der Waals surface area contributed by atoms with Crippen LogP contribution in [0.4, 0.5) is 4.79 Å². The number of methoxy groups -OCH3 is 3. The summed E-state index contributed by atoms with van der Waals surface area (Å²) in [6.07, 6.45) is 2.53. The summed E-state index contributed by atoms with van der Waals surface area (Å²) in [5, 5.41) is 23.2. The van der Waals surface area contributed by atoms with Crippen molar-refractivity contribution in [2.45, 2.75) is 34.7 Å². The second-order valence-corrected chi connectivity index (χ2v) is 17.0. The number of ether oxygens (including phenoxy) is 3. The van der Waals surface area contributed by atoms with Crippen molar-refractivity contribution < 1.29 is 32.5 Å². The number of likely N-dealkylation sites (tertiary alicyclic amines) is 1. The molecule has 302 valence electrons. The standard InChI is InChI=1S/C42H40N8O7S2/c1-55-31-13-7-28(8-14-31)23-48(24-29-9-15-32(56-2)16-10-29)59(53,54)40-37(58-34-26-47(27-34)42(51)52)20-19-35(36-22-43-38-6-4-5-21-49(36)38)39(40)41-44-46-50(45-41)25-30-11-17-33(57-3)18-12-30/h4-22,34H,23-27H2,1-3H3,(H,51,52). The molecule has 4 aromatic carbocycles. The first kappa shape index (κ1) is 39.4. The van der Waals surface area contributed by atoms with Crippen LogP contribution in [0.3, 0.4) is 0 Å². The SMILES string of the molecule is COc1ccc(CN(Cc2ccc(OC)cc2)S(=O)(=O)c2c(SC3CN(C(=O)O)C3)ccc(-c3cnc4ccccn34)c2-c2nnn(Cc3ccc(OC)cc3)n2)cc1. The second kappa shape index (κ2) is 16.8. The summed E-state index contributed by atoms with van der Waals surface area (Å²) in [5.41, 5.74) is 4.39. The minimum absolute atomic E-state index is 0.00948. The van der Waals surface area contributed by atoms with Crippen molar-refractivity contribution in [2.24, 2.45) is 0 Å². The lowest BCUT2D eigenvalue weighted by atomic mass is 10.0. The maximum Gasteiger partial charge on any atom is 0.407 e. The third kappa shape index (κ3) is 8.30. The fourth-order valence-corrected chi connectivity index (χ4v) is 10.2. The van der Waals surface area contributed by atoms with Crippen molar-refractivity contribution in [1.82, 2.24) is 38.8 Å². The first-order chi connectivity index (χ1) is 28.6. The number of benzene rings is 4. The molecule has 1 aliphatic rings. The van der Waals surface area contributed by atoms with E-state index in [1.165, 1.54) is 25.8 Å². The van der Waals surface area contributed by atoms with Crippen LogP contribution in [0.2, 0.25) is 0 Å². The minimum atomic E-state index is -4.46. The number of amides is 1. The predicted molar refractivity (Wildman–Crippen MR) is 221 cm³/mol. The number of pyridine rings is 1. The number of thioether (sulfide) groups is 1. The largest absolute Gasteiger partial charge is 0.497 e. The predicted octanol–water partition coefficient (Wildman–Crippen LogP) is 6.57. The van der Waals surface area contributed by atoms with E-state index in [9.17, 15) is 9.90 Å². The number of nitrogens with zero attached hydrogens (tertiary/aromatic N) is 8. The van der Waals surface area contributed by atoms with Gasteiger partial charge in [-0.2, -0.15) is 9.10 Å². The van der Waals surface area contributed by atoms with E-state index in [2.05, 4.69) is 15.3 Å². The number of imidazole rings is 1. The van der Waals surface area contributed by atoms with E-state index in [0.29, 0.717) is 39.0 Å². The number of sulfonamides is 1. The number of carboxylic acid groups (broad SMARTS) is 1. The van der Waals surface area contributed by atoms with Gasteiger partial charge in [-0.15, -0.1) is 22.0 Å². The van der Waals surface area contributed by atoms with Crippen molar-refractivity contribution in [3.05, 3.63) is 132 Å². The van der Waals surface area contributed by atoms with E-state index in [1.54, 1.807) is 57.9 Å². The molecule has 0 radical (unpaired) electrons.